The Labute approximate surface area is 439 Å². The van der Waals surface area contributed by atoms with Gasteiger partial charge in [-0.2, -0.15) is 0 Å². The monoisotopic (exact) mass is 970 g/mol. The van der Waals surface area contributed by atoms with E-state index in [1.165, 1.54) is 22.3 Å². The number of benzene rings is 12. The van der Waals surface area contributed by atoms with Crippen LogP contribution in [0.15, 0.2) is 288 Å². The normalized spacial score (nSPS) is 11.7. The van der Waals surface area contributed by atoms with Gasteiger partial charge in [0.15, 0.2) is 0 Å². The van der Waals surface area contributed by atoms with Crippen molar-refractivity contribution >= 4 is 82.7 Å². The van der Waals surface area contributed by atoms with E-state index >= 15 is 0 Å². The van der Waals surface area contributed by atoms with Crippen LogP contribution in [0.5, 0.6) is 0 Å². The zero-order chi connectivity index (χ0) is 50.1. The molecule has 0 amide bonds. The highest BCUT2D eigenvalue weighted by Crippen LogP contribution is 2.43. The average molecular weight is 971 g/mol. The van der Waals surface area contributed by atoms with E-state index in [2.05, 4.69) is 264 Å². The molecule has 356 valence electrons. The molecule has 0 aliphatic rings. The molecule has 4 nitrogen and oxygen atoms in total. The van der Waals surface area contributed by atoms with Crippen LogP contribution in [-0.2, 0) is 0 Å². The molecule has 3 heterocycles. The van der Waals surface area contributed by atoms with Gasteiger partial charge in [-0.3, -0.25) is 0 Å². The van der Waals surface area contributed by atoms with Crippen LogP contribution in [0.3, 0.4) is 0 Å². The van der Waals surface area contributed by atoms with Gasteiger partial charge >= 0.3 is 0 Å². The lowest BCUT2D eigenvalue weighted by Crippen LogP contribution is -2.09. The number of anilines is 3. The van der Waals surface area contributed by atoms with Gasteiger partial charge in [-0.25, -0.2) is 0 Å². The lowest BCUT2D eigenvalue weighted by Gasteiger charge is -2.26. The summed E-state index contributed by atoms with van der Waals surface area (Å²) in [5.41, 5.74) is 21.6. The highest BCUT2D eigenvalue weighted by Gasteiger charge is 2.20. The number of aromatic nitrogens is 1. The molecule has 0 saturated heterocycles. The smallest absolute Gasteiger partial charge is 0.143 e. The van der Waals surface area contributed by atoms with Gasteiger partial charge in [0.25, 0.3) is 0 Å². The van der Waals surface area contributed by atoms with E-state index in [4.69, 9.17) is 8.83 Å². The maximum Gasteiger partial charge on any atom is 0.143 e. The lowest BCUT2D eigenvalue weighted by atomic mass is 9.98. The molecular weight excluding hydrogens is 925 g/mol. The Kier molecular flexibility index (Phi) is 10.2. The molecule has 0 fully saturated rings. The predicted octanol–water partition coefficient (Wildman–Crippen LogP) is 20.4. The SMILES string of the molecule is c1ccc(-c2ccc(N(c3ccc(-c4ccccc4)cc3)c3ccc(-c4ccc(-n5c6ccc(-c7cccc8c7oc7ccccc78)cc6c6cc(-c7cccc8c7oc7ccccc78)ccc65)cc4)cc3)cc2)cc1. The van der Waals surface area contributed by atoms with Crippen molar-refractivity contribution in [2.75, 3.05) is 4.90 Å². The fourth-order valence-electron chi connectivity index (χ4n) is 11.5. The van der Waals surface area contributed by atoms with Crippen molar-refractivity contribution in [3.05, 3.63) is 279 Å². The third-order valence-corrected chi connectivity index (χ3v) is 15.2. The van der Waals surface area contributed by atoms with E-state index in [9.17, 15) is 0 Å². The minimum Gasteiger partial charge on any atom is -0.455 e. The summed E-state index contributed by atoms with van der Waals surface area (Å²) in [4.78, 5) is 2.34. The van der Waals surface area contributed by atoms with Crippen molar-refractivity contribution in [1.29, 1.82) is 0 Å². The van der Waals surface area contributed by atoms with Gasteiger partial charge in [0.05, 0.1) is 11.0 Å². The molecule has 0 N–H and O–H groups in total. The van der Waals surface area contributed by atoms with E-state index in [1.54, 1.807) is 0 Å². The zero-order valence-electron chi connectivity index (χ0n) is 41.3. The van der Waals surface area contributed by atoms with Crippen LogP contribution in [0.1, 0.15) is 0 Å². The molecule has 0 spiro atoms. The molecule has 15 rings (SSSR count). The number of nitrogens with zero attached hydrogens (tertiary/aromatic N) is 2. The lowest BCUT2D eigenvalue weighted by molar-refractivity contribution is 0.669. The van der Waals surface area contributed by atoms with Crippen LogP contribution in [0, 0.1) is 0 Å². The zero-order valence-corrected chi connectivity index (χ0v) is 41.3. The number of furan rings is 2. The molecule has 15 aromatic rings. The van der Waals surface area contributed by atoms with Crippen molar-refractivity contribution < 1.29 is 8.83 Å². The first-order valence-electron chi connectivity index (χ1n) is 25.9. The Balaban J connectivity index is 0.814. The summed E-state index contributed by atoms with van der Waals surface area (Å²) >= 11 is 0. The summed E-state index contributed by atoms with van der Waals surface area (Å²) in [5, 5.41) is 6.80. The molecule has 0 unspecified atom stereocenters. The van der Waals surface area contributed by atoms with E-state index in [0.717, 1.165) is 122 Å². The van der Waals surface area contributed by atoms with Crippen LogP contribution < -0.4 is 4.90 Å². The summed E-state index contributed by atoms with van der Waals surface area (Å²) in [6.07, 6.45) is 0. The Hall–Kier alpha value is -10.2. The molecule has 4 heteroatoms. The first kappa shape index (κ1) is 43.4. The Morgan fingerprint density at radius 2 is 0.592 bits per heavy atom. The minimum atomic E-state index is 0.892. The van der Waals surface area contributed by atoms with Crippen LogP contribution in [-0.4, -0.2) is 4.57 Å². The number of rotatable bonds is 9. The summed E-state index contributed by atoms with van der Waals surface area (Å²) in [5.74, 6) is 0. The number of hydrogen-bond donors (Lipinski definition) is 0. The predicted molar refractivity (Wildman–Crippen MR) is 317 cm³/mol. The molecule has 0 aliphatic carbocycles. The number of hydrogen-bond acceptors (Lipinski definition) is 3. The summed E-state index contributed by atoms with van der Waals surface area (Å²) in [7, 11) is 0. The van der Waals surface area contributed by atoms with Crippen LogP contribution in [0.4, 0.5) is 17.1 Å². The molecule has 0 radical (unpaired) electrons. The average Bonchev–Trinajstić information content (AvgIpc) is 4.22. The Morgan fingerprint density at radius 1 is 0.250 bits per heavy atom. The van der Waals surface area contributed by atoms with Gasteiger partial charge in [0.1, 0.15) is 22.3 Å². The van der Waals surface area contributed by atoms with Gasteiger partial charge in [0.2, 0.25) is 0 Å². The quantitative estimate of drug-likeness (QED) is 0.145. The van der Waals surface area contributed by atoms with E-state index in [1.807, 2.05) is 24.3 Å². The standard InChI is InChI=1S/C72H46N2O2/c1-3-13-47(14-4-1)49-25-35-55(36-26-49)73(56-37-27-50(28-38-56)48-15-5-2-6-16-48)57-39-29-51(30-40-57)52-31-41-58(42-32-52)74-67-43-33-53(59-19-11-21-63-61-17-7-9-23-69(61)75-71(59)63)45-65(67)66-46-54(34-44-68(66)74)60-20-12-22-64-62-18-8-10-24-70(62)76-72(60)64/h1-46H. The second-order valence-corrected chi connectivity index (χ2v) is 19.6. The van der Waals surface area contributed by atoms with Crippen molar-refractivity contribution in [2.45, 2.75) is 0 Å². The minimum absolute atomic E-state index is 0.892. The highest BCUT2D eigenvalue weighted by molar-refractivity contribution is 6.15. The van der Waals surface area contributed by atoms with E-state index in [0.29, 0.717) is 0 Å². The topological polar surface area (TPSA) is 34.5 Å². The second-order valence-electron chi connectivity index (χ2n) is 19.6. The molecule has 0 bridgehead atoms. The largest absolute Gasteiger partial charge is 0.455 e. The van der Waals surface area contributed by atoms with Crippen molar-refractivity contribution in [1.82, 2.24) is 4.57 Å². The molecule has 76 heavy (non-hydrogen) atoms. The third kappa shape index (κ3) is 7.30. The number of para-hydroxylation sites is 4. The van der Waals surface area contributed by atoms with Crippen LogP contribution in [0.2, 0.25) is 0 Å². The molecule has 3 aromatic heterocycles. The fourth-order valence-corrected chi connectivity index (χ4v) is 11.5. The second kappa shape index (κ2) is 17.8. The van der Waals surface area contributed by atoms with Crippen molar-refractivity contribution in [3.63, 3.8) is 0 Å². The van der Waals surface area contributed by atoms with Crippen LogP contribution >= 0.6 is 0 Å². The van der Waals surface area contributed by atoms with E-state index in [-0.39, 0.29) is 0 Å². The number of fused-ring (bicyclic) bond motifs is 9. The van der Waals surface area contributed by atoms with Crippen molar-refractivity contribution in [3.8, 4) is 61.3 Å². The molecular formula is C72H46N2O2. The van der Waals surface area contributed by atoms with Crippen molar-refractivity contribution in [2.24, 2.45) is 0 Å². The highest BCUT2D eigenvalue weighted by atomic mass is 16.3. The summed E-state index contributed by atoms with van der Waals surface area (Å²) in [6.45, 7) is 0. The van der Waals surface area contributed by atoms with Crippen LogP contribution in [0.25, 0.3) is 127 Å². The van der Waals surface area contributed by atoms with Gasteiger partial charge < -0.3 is 18.3 Å². The van der Waals surface area contributed by atoms with E-state index < -0.39 is 0 Å². The maximum atomic E-state index is 6.58. The Bertz CT molecular complexity index is 4390. The van der Waals surface area contributed by atoms with Gasteiger partial charge in [-0.15, -0.1) is 0 Å². The Morgan fingerprint density at radius 3 is 1.01 bits per heavy atom. The molecule has 0 aliphatic heterocycles. The molecule has 0 atom stereocenters. The molecule has 12 aromatic carbocycles. The fraction of sp³-hybridized carbons (Fsp3) is 0. The third-order valence-electron chi connectivity index (χ3n) is 15.2. The first-order chi connectivity index (χ1) is 37.7. The summed E-state index contributed by atoms with van der Waals surface area (Å²) < 4.78 is 15.6. The molecule has 0 saturated carbocycles. The van der Waals surface area contributed by atoms with Gasteiger partial charge in [0, 0.05) is 66.2 Å². The maximum absolute atomic E-state index is 6.58. The van der Waals surface area contributed by atoms with Gasteiger partial charge in [-0.05, 0) is 129 Å². The van der Waals surface area contributed by atoms with Gasteiger partial charge in [-0.1, -0.05) is 194 Å². The first-order valence-corrected chi connectivity index (χ1v) is 25.9. The summed E-state index contributed by atoms with van der Waals surface area (Å²) in [6, 6.07) is 100.